The van der Waals surface area contributed by atoms with Crippen LogP contribution in [0.2, 0.25) is 0 Å². The van der Waals surface area contributed by atoms with Crippen molar-refractivity contribution >= 4 is 11.4 Å². The minimum atomic E-state index is -0.336. The molecular weight excluding hydrogens is 278 g/mol. The molecule has 3 fully saturated rings. The van der Waals surface area contributed by atoms with Crippen molar-refractivity contribution in [2.45, 2.75) is 31.7 Å². The zero-order chi connectivity index (χ0) is 15.1. The number of hydrogen-bond acceptors (Lipinski definition) is 4. The van der Waals surface area contributed by atoms with E-state index < -0.39 is 0 Å². The average Bonchev–Trinajstić information content (AvgIpc) is 3.18. The van der Waals surface area contributed by atoms with Crippen LogP contribution >= 0.6 is 0 Å². The summed E-state index contributed by atoms with van der Waals surface area (Å²) < 4.78 is 0. The fourth-order valence-corrected chi connectivity index (χ4v) is 4.76. The van der Waals surface area contributed by atoms with E-state index in [0.29, 0.717) is 0 Å². The van der Waals surface area contributed by atoms with Gasteiger partial charge in [-0.2, -0.15) is 0 Å². The molecule has 3 aliphatic rings. The Morgan fingerprint density at radius 2 is 1.73 bits per heavy atom. The van der Waals surface area contributed by atoms with Gasteiger partial charge in [0.1, 0.15) is 0 Å². The Balaban J connectivity index is 1.36. The predicted molar refractivity (Wildman–Crippen MR) is 86.1 cm³/mol. The van der Waals surface area contributed by atoms with Crippen molar-refractivity contribution in [2.75, 3.05) is 31.1 Å². The Kier molecular flexibility index (Phi) is 3.53. The van der Waals surface area contributed by atoms with Gasteiger partial charge in [0.05, 0.1) is 4.92 Å². The zero-order valence-corrected chi connectivity index (χ0v) is 12.9. The van der Waals surface area contributed by atoms with Gasteiger partial charge in [0.15, 0.2) is 0 Å². The molecule has 2 bridgehead atoms. The maximum atomic E-state index is 10.7. The first-order chi connectivity index (χ1) is 10.7. The van der Waals surface area contributed by atoms with Crippen molar-refractivity contribution < 1.29 is 4.92 Å². The highest BCUT2D eigenvalue weighted by Gasteiger charge is 2.42. The maximum Gasteiger partial charge on any atom is 0.269 e. The van der Waals surface area contributed by atoms with E-state index in [9.17, 15) is 10.1 Å². The van der Waals surface area contributed by atoms with Gasteiger partial charge in [-0.25, -0.2) is 0 Å². The molecule has 1 aliphatic heterocycles. The molecule has 4 rings (SSSR count). The highest BCUT2D eigenvalue weighted by atomic mass is 16.6. The summed E-state index contributed by atoms with van der Waals surface area (Å²) in [7, 11) is 0. The molecule has 0 radical (unpaired) electrons. The molecule has 0 amide bonds. The van der Waals surface area contributed by atoms with Crippen LogP contribution in [-0.2, 0) is 0 Å². The topological polar surface area (TPSA) is 49.6 Å². The summed E-state index contributed by atoms with van der Waals surface area (Å²) >= 11 is 0. The number of benzene rings is 1. The molecule has 1 aromatic rings. The van der Waals surface area contributed by atoms with E-state index in [-0.39, 0.29) is 10.6 Å². The van der Waals surface area contributed by atoms with Gasteiger partial charge in [-0.15, -0.1) is 0 Å². The third-order valence-electron chi connectivity index (χ3n) is 5.91. The Bertz CT molecular complexity index is 552. The van der Waals surface area contributed by atoms with Crippen LogP contribution < -0.4 is 4.90 Å². The first kappa shape index (κ1) is 14.0. The molecule has 0 N–H and O–H groups in total. The highest BCUT2D eigenvalue weighted by molar-refractivity contribution is 5.51. The van der Waals surface area contributed by atoms with Crippen LogP contribution in [0.4, 0.5) is 11.4 Å². The van der Waals surface area contributed by atoms with Crippen LogP contribution in [0.15, 0.2) is 24.3 Å². The normalized spacial score (nSPS) is 31.6. The van der Waals surface area contributed by atoms with Crippen LogP contribution in [0, 0.1) is 22.0 Å². The predicted octanol–water partition coefficient (Wildman–Crippen LogP) is 2.91. The number of piperazine rings is 1. The number of nitro groups is 1. The lowest BCUT2D eigenvalue weighted by Crippen LogP contribution is -2.51. The quantitative estimate of drug-likeness (QED) is 0.636. The van der Waals surface area contributed by atoms with E-state index in [1.54, 1.807) is 12.1 Å². The lowest BCUT2D eigenvalue weighted by atomic mass is 9.93. The molecule has 5 heteroatoms. The molecule has 0 aromatic heterocycles. The Morgan fingerprint density at radius 3 is 2.27 bits per heavy atom. The summed E-state index contributed by atoms with van der Waals surface area (Å²) in [6.07, 6.45) is 5.79. The standard InChI is InChI=1S/C17H23N3O2/c21-20(22)16-5-3-15(4-6-16)18-7-9-19(10-8-18)17-12-13-1-2-14(17)11-13/h3-6,13-14,17H,1-2,7-12H2/t13-,14-,17+/m1/s1. The van der Waals surface area contributed by atoms with Gasteiger partial charge in [0.25, 0.3) is 5.69 Å². The Hall–Kier alpha value is -1.62. The van der Waals surface area contributed by atoms with E-state index in [1.807, 2.05) is 12.1 Å². The van der Waals surface area contributed by atoms with Crippen molar-refractivity contribution in [2.24, 2.45) is 11.8 Å². The van der Waals surface area contributed by atoms with Crippen molar-refractivity contribution in [1.29, 1.82) is 0 Å². The number of nitro benzene ring substituents is 1. The number of non-ortho nitro benzene ring substituents is 1. The molecule has 0 unspecified atom stereocenters. The number of hydrogen-bond donors (Lipinski definition) is 0. The first-order valence-electron chi connectivity index (χ1n) is 8.44. The van der Waals surface area contributed by atoms with Crippen molar-refractivity contribution in [3.05, 3.63) is 34.4 Å². The second kappa shape index (κ2) is 5.54. The third-order valence-corrected chi connectivity index (χ3v) is 5.91. The maximum absolute atomic E-state index is 10.7. The molecule has 1 aromatic carbocycles. The summed E-state index contributed by atoms with van der Waals surface area (Å²) in [6, 6.07) is 7.81. The van der Waals surface area contributed by atoms with Crippen LogP contribution in [0.25, 0.3) is 0 Å². The fourth-order valence-electron chi connectivity index (χ4n) is 4.76. The average molecular weight is 301 g/mol. The molecule has 118 valence electrons. The molecule has 2 aliphatic carbocycles. The van der Waals surface area contributed by atoms with Gasteiger partial charge in [-0.1, -0.05) is 6.42 Å². The molecular formula is C17H23N3O2. The molecule has 22 heavy (non-hydrogen) atoms. The minimum absolute atomic E-state index is 0.171. The molecule has 1 heterocycles. The van der Waals surface area contributed by atoms with Gasteiger partial charge in [0, 0.05) is 50.0 Å². The fraction of sp³-hybridized carbons (Fsp3) is 0.647. The zero-order valence-electron chi connectivity index (χ0n) is 12.9. The highest BCUT2D eigenvalue weighted by Crippen LogP contribution is 2.46. The first-order valence-corrected chi connectivity index (χ1v) is 8.44. The number of anilines is 1. The third kappa shape index (κ3) is 2.47. The summed E-state index contributed by atoms with van der Waals surface area (Å²) in [5.41, 5.74) is 1.28. The monoisotopic (exact) mass is 301 g/mol. The number of rotatable bonds is 3. The largest absolute Gasteiger partial charge is 0.369 e. The summed E-state index contributed by atoms with van der Waals surface area (Å²) in [5.74, 6) is 1.96. The Morgan fingerprint density at radius 1 is 1.00 bits per heavy atom. The van der Waals surface area contributed by atoms with E-state index in [2.05, 4.69) is 9.80 Å². The second-order valence-electron chi connectivity index (χ2n) is 7.04. The van der Waals surface area contributed by atoms with Gasteiger partial charge >= 0.3 is 0 Å². The number of fused-ring (bicyclic) bond motifs is 2. The van der Waals surface area contributed by atoms with Crippen LogP contribution in [-0.4, -0.2) is 42.0 Å². The van der Waals surface area contributed by atoms with Gasteiger partial charge in [0.2, 0.25) is 0 Å². The van der Waals surface area contributed by atoms with Crippen molar-refractivity contribution in [3.63, 3.8) is 0 Å². The van der Waals surface area contributed by atoms with E-state index in [0.717, 1.165) is 49.7 Å². The van der Waals surface area contributed by atoms with Gasteiger partial charge in [-0.3, -0.25) is 15.0 Å². The lowest BCUT2D eigenvalue weighted by Gasteiger charge is -2.41. The summed E-state index contributed by atoms with van der Waals surface area (Å²) in [5, 5.41) is 10.7. The van der Waals surface area contributed by atoms with Crippen LogP contribution in [0.3, 0.4) is 0 Å². The smallest absolute Gasteiger partial charge is 0.269 e. The SMILES string of the molecule is O=[N+]([O-])c1ccc(N2CCN([C@H]3C[C@@H]4CC[C@@H]3C4)CC2)cc1. The number of nitrogens with zero attached hydrogens (tertiary/aromatic N) is 3. The molecule has 2 saturated carbocycles. The van der Waals surface area contributed by atoms with Crippen molar-refractivity contribution in [3.8, 4) is 0 Å². The summed E-state index contributed by atoms with van der Waals surface area (Å²) in [4.78, 5) is 15.4. The van der Waals surface area contributed by atoms with Gasteiger partial charge in [-0.05, 0) is 43.2 Å². The van der Waals surface area contributed by atoms with Crippen LogP contribution in [0.1, 0.15) is 25.7 Å². The van der Waals surface area contributed by atoms with E-state index >= 15 is 0 Å². The van der Waals surface area contributed by atoms with E-state index in [1.165, 1.54) is 25.7 Å². The lowest BCUT2D eigenvalue weighted by molar-refractivity contribution is -0.384. The van der Waals surface area contributed by atoms with E-state index in [4.69, 9.17) is 0 Å². The molecule has 3 atom stereocenters. The minimum Gasteiger partial charge on any atom is -0.369 e. The molecule has 0 spiro atoms. The Labute approximate surface area is 131 Å². The molecule has 5 nitrogen and oxygen atoms in total. The second-order valence-corrected chi connectivity index (χ2v) is 7.04. The van der Waals surface area contributed by atoms with Crippen molar-refractivity contribution in [1.82, 2.24) is 4.90 Å². The summed E-state index contributed by atoms with van der Waals surface area (Å²) in [6.45, 7) is 4.33. The van der Waals surface area contributed by atoms with Crippen LogP contribution in [0.5, 0.6) is 0 Å². The van der Waals surface area contributed by atoms with Gasteiger partial charge < -0.3 is 4.90 Å². The molecule has 1 saturated heterocycles.